The van der Waals surface area contributed by atoms with Crippen LogP contribution in [-0.4, -0.2) is 55.8 Å². The van der Waals surface area contributed by atoms with E-state index in [1.165, 1.54) is 0 Å². The Kier molecular flexibility index (Phi) is 5.04. The molecule has 1 amide bonds. The standard InChI is InChI=1S/C16H23NO6S2/c1-9(2)15(19)24-5-4-17-12(18)8-22-14-13-10-6-16(14,3)7-11(10)25(20,21)23-13/h10-11,13-14H,1,4-8H2,2-3H3,(H,17,18). The number of nitrogens with one attached hydrogen (secondary N) is 1. The average Bonchev–Trinajstić information content (AvgIpc) is 3.05. The Labute approximate surface area is 152 Å². The summed E-state index contributed by atoms with van der Waals surface area (Å²) in [6.45, 7) is 7.43. The molecule has 0 radical (unpaired) electrons. The molecule has 0 spiro atoms. The highest BCUT2D eigenvalue weighted by molar-refractivity contribution is 8.14. The second-order valence-electron chi connectivity index (χ2n) is 7.32. The smallest absolute Gasteiger partial charge is 0.270 e. The number of carbonyl (C=O) groups is 2. The summed E-state index contributed by atoms with van der Waals surface area (Å²) in [5.41, 5.74) is 0.224. The number of carbonyl (C=O) groups excluding carboxylic acids is 2. The largest absolute Gasteiger partial charge is 0.365 e. The van der Waals surface area contributed by atoms with E-state index in [2.05, 4.69) is 11.9 Å². The number of ether oxygens (including phenoxy) is 1. The molecule has 1 heterocycles. The van der Waals surface area contributed by atoms with Crippen LogP contribution in [-0.2, 0) is 28.6 Å². The molecule has 9 heteroatoms. The van der Waals surface area contributed by atoms with Crippen molar-refractivity contribution in [3.05, 3.63) is 12.2 Å². The van der Waals surface area contributed by atoms with E-state index in [1.807, 2.05) is 6.92 Å². The Bertz CT molecular complexity index is 705. The summed E-state index contributed by atoms with van der Waals surface area (Å²) in [7, 11) is -3.50. The Balaban J connectivity index is 1.44. The zero-order valence-corrected chi connectivity index (χ0v) is 16.0. The molecule has 0 aromatic carbocycles. The van der Waals surface area contributed by atoms with Crippen molar-refractivity contribution in [3.8, 4) is 0 Å². The summed E-state index contributed by atoms with van der Waals surface area (Å²) in [6.07, 6.45) is 0.442. The summed E-state index contributed by atoms with van der Waals surface area (Å²) in [6, 6.07) is 0. The minimum atomic E-state index is -3.50. The summed E-state index contributed by atoms with van der Waals surface area (Å²) in [4.78, 5) is 23.3. The fourth-order valence-corrected chi connectivity index (χ4v) is 6.78. The molecule has 3 fully saturated rings. The highest BCUT2D eigenvalue weighted by atomic mass is 32.2. The van der Waals surface area contributed by atoms with Gasteiger partial charge in [0, 0.05) is 18.2 Å². The van der Waals surface area contributed by atoms with Crippen molar-refractivity contribution in [1.29, 1.82) is 0 Å². The van der Waals surface area contributed by atoms with Crippen LogP contribution in [0.15, 0.2) is 12.2 Å². The molecule has 1 aliphatic heterocycles. The first kappa shape index (κ1) is 18.9. The van der Waals surface area contributed by atoms with Gasteiger partial charge < -0.3 is 10.1 Å². The summed E-state index contributed by atoms with van der Waals surface area (Å²) in [5.74, 6) is 0.159. The van der Waals surface area contributed by atoms with Gasteiger partial charge in [0.15, 0.2) is 0 Å². The minimum absolute atomic E-state index is 0.0207. The molecule has 3 aliphatic rings. The SMILES string of the molecule is C=C(C)C(=O)SCCNC(=O)COC1C2OS(=O)(=O)C3CC1(C)CC23. The van der Waals surface area contributed by atoms with Crippen LogP contribution in [0.2, 0.25) is 0 Å². The fourth-order valence-electron chi connectivity index (χ4n) is 4.18. The third-order valence-corrected chi connectivity index (χ3v) is 8.04. The molecule has 1 saturated heterocycles. The van der Waals surface area contributed by atoms with Crippen molar-refractivity contribution in [1.82, 2.24) is 5.32 Å². The summed E-state index contributed by atoms with van der Waals surface area (Å²) < 4.78 is 35.0. The summed E-state index contributed by atoms with van der Waals surface area (Å²) in [5, 5.41) is 2.19. The van der Waals surface area contributed by atoms with Crippen molar-refractivity contribution in [3.63, 3.8) is 0 Å². The van der Waals surface area contributed by atoms with E-state index < -0.39 is 21.5 Å². The van der Waals surface area contributed by atoms with Crippen LogP contribution < -0.4 is 5.32 Å². The maximum atomic E-state index is 12.0. The summed E-state index contributed by atoms with van der Waals surface area (Å²) >= 11 is 1.11. The third-order valence-electron chi connectivity index (χ3n) is 5.27. The highest BCUT2D eigenvalue weighted by Gasteiger charge is 2.69. The van der Waals surface area contributed by atoms with Gasteiger partial charge in [-0.2, -0.15) is 8.42 Å². The number of amides is 1. The van der Waals surface area contributed by atoms with Crippen molar-refractivity contribution >= 4 is 32.9 Å². The molecule has 2 bridgehead atoms. The lowest BCUT2D eigenvalue weighted by molar-refractivity contribution is -0.133. The van der Waals surface area contributed by atoms with Gasteiger partial charge in [-0.25, -0.2) is 0 Å². The van der Waals surface area contributed by atoms with Crippen molar-refractivity contribution in [2.75, 3.05) is 18.9 Å². The van der Waals surface area contributed by atoms with E-state index >= 15 is 0 Å². The quantitative estimate of drug-likeness (QED) is 0.391. The molecule has 2 aliphatic carbocycles. The Morgan fingerprint density at radius 3 is 2.80 bits per heavy atom. The minimum Gasteiger partial charge on any atom is -0.365 e. The molecule has 0 aromatic rings. The lowest BCUT2D eigenvalue weighted by Gasteiger charge is -2.32. The molecule has 3 rings (SSSR count). The van der Waals surface area contributed by atoms with E-state index in [0.29, 0.717) is 24.3 Å². The van der Waals surface area contributed by atoms with Gasteiger partial charge in [0.2, 0.25) is 11.0 Å². The second-order valence-corrected chi connectivity index (χ2v) is 10.2. The van der Waals surface area contributed by atoms with Gasteiger partial charge in [0.05, 0.1) is 11.4 Å². The van der Waals surface area contributed by atoms with Crippen LogP contribution in [0.25, 0.3) is 0 Å². The highest BCUT2D eigenvalue weighted by Crippen LogP contribution is 2.61. The van der Waals surface area contributed by atoms with Gasteiger partial charge in [0.1, 0.15) is 12.7 Å². The second kappa shape index (κ2) is 6.68. The van der Waals surface area contributed by atoms with Crippen LogP contribution in [0.3, 0.4) is 0 Å². The Morgan fingerprint density at radius 1 is 1.40 bits per heavy atom. The molecule has 7 nitrogen and oxygen atoms in total. The van der Waals surface area contributed by atoms with Gasteiger partial charge in [-0.3, -0.25) is 13.8 Å². The van der Waals surface area contributed by atoms with E-state index in [9.17, 15) is 18.0 Å². The third kappa shape index (κ3) is 3.51. The van der Waals surface area contributed by atoms with Crippen LogP contribution in [0.5, 0.6) is 0 Å². The Hall–Kier alpha value is -0.900. The predicted molar refractivity (Wildman–Crippen MR) is 93.4 cm³/mol. The normalized spacial score (nSPS) is 37.2. The van der Waals surface area contributed by atoms with Gasteiger partial charge >= 0.3 is 0 Å². The topological polar surface area (TPSA) is 98.8 Å². The Morgan fingerprint density at radius 2 is 2.12 bits per heavy atom. The lowest BCUT2D eigenvalue weighted by atomic mass is 9.82. The molecular formula is C16H23NO6S2. The maximum Gasteiger partial charge on any atom is 0.270 e. The van der Waals surface area contributed by atoms with Crippen LogP contribution in [0.4, 0.5) is 0 Å². The number of hydrogen-bond donors (Lipinski definition) is 1. The molecule has 140 valence electrons. The molecule has 1 N–H and O–H groups in total. The number of thioether (sulfide) groups is 1. The van der Waals surface area contributed by atoms with E-state index in [1.54, 1.807) is 6.92 Å². The zero-order chi connectivity index (χ0) is 18.4. The van der Waals surface area contributed by atoms with Gasteiger partial charge in [0.25, 0.3) is 10.1 Å². The van der Waals surface area contributed by atoms with Crippen molar-refractivity contribution in [2.45, 2.75) is 44.1 Å². The molecule has 5 atom stereocenters. The number of hydrogen-bond acceptors (Lipinski definition) is 7. The molecular weight excluding hydrogens is 366 g/mol. The first-order valence-electron chi connectivity index (χ1n) is 8.27. The van der Waals surface area contributed by atoms with E-state index in [0.717, 1.165) is 18.2 Å². The molecule has 5 unspecified atom stereocenters. The lowest BCUT2D eigenvalue weighted by Crippen LogP contribution is -2.43. The monoisotopic (exact) mass is 389 g/mol. The van der Waals surface area contributed by atoms with E-state index in [-0.39, 0.29) is 35.1 Å². The molecule has 2 saturated carbocycles. The van der Waals surface area contributed by atoms with Gasteiger partial charge in [-0.1, -0.05) is 25.3 Å². The molecule has 25 heavy (non-hydrogen) atoms. The van der Waals surface area contributed by atoms with Gasteiger partial charge in [-0.05, 0) is 30.8 Å². The predicted octanol–water partition coefficient (Wildman–Crippen LogP) is 0.851. The van der Waals surface area contributed by atoms with Crippen LogP contribution in [0, 0.1) is 11.3 Å². The van der Waals surface area contributed by atoms with Gasteiger partial charge in [-0.15, -0.1) is 0 Å². The zero-order valence-electron chi connectivity index (χ0n) is 14.3. The van der Waals surface area contributed by atoms with Crippen molar-refractivity contribution < 1.29 is 26.9 Å². The maximum absolute atomic E-state index is 12.0. The van der Waals surface area contributed by atoms with Crippen molar-refractivity contribution in [2.24, 2.45) is 11.3 Å². The first-order chi connectivity index (χ1) is 11.6. The average molecular weight is 389 g/mol. The first-order valence-corrected chi connectivity index (χ1v) is 10.7. The van der Waals surface area contributed by atoms with Crippen LogP contribution in [0.1, 0.15) is 26.7 Å². The fraction of sp³-hybridized carbons (Fsp3) is 0.750. The van der Waals surface area contributed by atoms with Crippen LogP contribution >= 0.6 is 11.8 Å². The number of fused-ring (bicyclic) bond motifs is 1. The molecule has 0 aromatic heterocycles. The van der Waals surface area contributed by atoms with E-state index in [4.69, 9.17) is 8.92 Å². The number of rotatable bonds is 7.